The van der Waals surface area contributed by atoms with Crippen LogP contribution < -0.4 is 0 Å². The zero-order valence-electron chi connectivity index (χ0n) is 19.7. The Labute approximate surface area is 201 Å². The molecule has 1 aromatic heterocycles. The molecule has 176 valence electrons. The monoisotopic (exact) mass is 484 g/mol. The number of hydrogen-bond donors (Lipinski definition) is 0. The Hall–Kier alpha value is -2.48. The van der Waals surface area contributed by atoms with E-state index in [9.17, 15) is 13.2 Å². The average Bonchev–Trinajstić information content (AvgIpc) is 3.18. The summed E-state index contributed by atoms with van der Waals surface area (Å²) in [6.07, 6.45) is 0. The van der Waals surface area contributed by atoms with Crippen LogP contribution in [0.2, 0.25) is 0 Å². The first-order chi connectivity index (χ1) is 15.7. The molecule has 0 aliphatic heterocycles. The number of nitrogens with zero attached hydrogens (tertiary/aromatic N) is 2. The van der Waals surface area contributed by atoms with Crippen molar-refractivity contribution in [2.75, 3.05) is 13.1 Å². The van der Waals surface area contributed by atoms with Gasteiger partial charge < -0.3 is 4.90 Å². The molecule has 0 aliphatic rings. The third-order valence-corrected chi connectivity index (χ3v) is 8.24. The highest BCUT2D eigenvalue weighted by atomic mass is 32.2. The second-order valence-corrected chi connectivity index (χ2v) is 11.7. The van der Waals surface area contributed by atoms with Gasteiger partial charge in [0.15, 0.2) is 0 Å². The van der Waals surface area contributed by atoms with Crippen molar-refractivity contribution in [1.82, 2.24) is 9.21 Å². The fraction of sp³-hybridized carbons (Fsp3) is 0.346. The van der Waals surface area contributed by atoms with Crippen molar-refractivity contribution in [3.05, 3.63) is 87.6 Å². The van der Waals surface area contributed by atoms with Crippen molar-refractivity contribution in [2.45, 2.75) is 45.7 Å². The zero-order valence-corrected chi connectivity index (χ0v) is 21.3. The Morgan fingerprint density at radius 1 is 0.939 bits per heavy atom. The number of hydrogen-bond acceptors (Lipinski definition) is 4. The minimum absolute atomic E-state index is 0.0835. The number of benzene rings is 2. The van der Waals surface area contributed by atoms with Crippen molar-refractivity contribution in [3.63, 3.8) is 0 Å². The van der Waals surface area contributed by atoms with Gasteiger partial charge in [0.25, 0.3) is 0 Å². The Bertz CT molecular complexity index is 1150. The molecule has 0 fully saturated rings. The maximum absolute atomic E-state index is 13.5. The maximum atomic E-state index is 13.5. The molecular weight excluding hydrogens is 452 g/mol. The summed E-state index contributed by atoms with van der Waals surface area (Å²) in [7, 11) is -3.80. The Morgan fingerprint density at radius 3 is 2.18 bits per heavy atom. The second kappa shape index (κ2) is 11.1. The van der Waals surface area contributed by atoms with Gasteiger partial charge in [-0.2, -0.15) is 4.31 Å². The largest absolute Gasteiger partial charge is 0.332 e. The predicted octanol–water partition coefficient (Wildman–Crippen LogP) is 5.24. The number of carbonyl (C=O) groups is 1. The lowest BCUT2D eigenvalue weighted by atomic mass is 10.2. The van der Waals surface area contributed by atoms with Gasteiger partial charge >= 0.3 is 0 Å². The van der Waals surface area contributed by atoms with Crippen LogP contribution in [0.25, 0.3) is 0 Å². The van der Waals surface area contributed by atoms with E-state index in [-0.39, 0.29) is 29.8 Å². The lowest BCUT2D eigenvalue weighted by Gasteiger charge is -2.28. The molecule has 1 heterocycles. The Kier molecular flexibility index (Phi) is 8.46. The van der Waals surface area contributed by atoms with E-state index in [0.29, 0.717) is 13.1 Å². The van der Waals surface area contributed by atoms with Gasteiger partial charge in [0.1, 0.15) is 0 Å². The summed E-state index contributed by atoms with van der Waals surface area (Å²) in [6, 6.07) is 18.6. The molecule has 5 nitrogen and oxygen atoms in total. The first-order valence-corrected chi connectivity index (χ1v) is 13.4. The molecule has 1 amide bonds. The highest BCUT2D eigenvalue weighted by Crippen LogP contribution is 2.22. The smallest absolute Gasteiger partial charge is 0.243 e. The number of rotatable bonds is 10. The van der Waals surface area contributed by atoms with Crippen LogP contribution in [0.15, 0.2) is 70.9 Å². The molecule has 0 radical (unpaired) electrons. The van der Waals surface area contributed by atoms with Crippen molar-refractivity contribution in [1.29, 1.82) is 0 Å². The molecule has 0 bridgehead atoms. The van der Waals surface area contributed by atoms with Gasteiger partial charge in [-0.3, -0.25) is 4.79 Å². The number of carbonyl (C=O) groups excluding carboxylic acids is 1. The van der Waals surface area contributed by atoms with E-state index in [1.807, 2.05) is 69.5 Å². The normalized spacial score (nSPS) is 11.8. The first-order valence-electron chi connectivity index (χ1n) is 11.1. The minimum Gasteiger partial charge on any atom is -0.332 e. The quantitative estimate of drug-likeness (QED) is 0.395. The molecule has 3 rings (SSSR count). The molecule has 0 saturated heterocycles. The molecule has 0 unspecified atom stereocenters. The predicted molar refractivity (Wildman–Crippen MR) is 135 cm³/mol. The van der Waals surface area contributed by atoms with Gasteiger partial charge in [-0.25, -0.2) is 8.42 Å². The van der Waals surface area contributed by atoms with E-state index in [2.05, 4.69) is 0 Å². The summed E-state index contributed by atoms with van der Waals surface area (Å²) in [5.41, 5.74) is 3.13. The van der Waals surface area contributed by atoms with Gasteiger partial charge in [0.05, 0.1) is 18.0 Å². The molecular formula is C26H32N2O3S2. The molecule has 33 heavy (non-hydrogen) atoms. The van der Waals surface area contributed by atoms with E-state index in [4.69, 9.17) is 0 Å². The van der Waals surface area contributed by atoms with Crippen LogP contribution in [0.4, 0.5) is 0 Å². The summed E-state index contributed by atoms with van der Waals surface area (Å²) in [4.78, 5) is 16.6. The molecule has 3 aromatic rings. The number of aryl methyl sites for hydroxylation is 2. The molecule has 0 saturated carbocycles. The van der Waals surface area contributed by atoms with Gasteiger partial charge in [0.2, 0.25) is 15.9 Å². The molecule has 0 N–H and O–H groups in total. The van der Waals surface area contributed by atoms with Crippen molar-refractivity contribution < 1.29 is 13.2 Å². The van der Waals surface area contributed by atoms with Gasteiger partial charge in [0, 0.05) is 18.0 Å². The summed E-state index contributed by atoms with van der Waals surface area (Å²) in [5.74, 6) is -0.122. The number of amides is 1. The third kappa shape index (κ3) is 6.76. The highest BCUT2D eigenvalue weighted by molar-refractivity contribution is 7.89. The van der Waals surface area contributed by atoms with Crippen molar-refractivity contribution in [2.24, 2.45) is 5.92 Å². The SMILES string of the molecule is Cc1ccc(S(=O)(=O)N(CC(=O)N(Cc2ccccc2)Cc2sccc2C)CC(C)C)cc1. The lowest BCUT2D eigenvalue weighted by molar-refractivity contribution is -0.132. The van der Waals surface area contributed by atoms with Gasteiger partial charge in [-0.15, -0.1) is 11.3 Å². The highest BCUT2D eigenvalue weighted by Gasteiger charge is 2.29. The fourth-order valence-electron chi connectivity index (χ4n) is 3.54. The lowest BCUT2D eigenvalue weighted by Crippen LogP contribution is -2.43. The minimum atomic E-state index is -3.80. The van der Waals surface area contributed by atoms with Crippen LogP contribution in [-0.2, 0) is 27.9 Å². The summed E-state index contributed by atoms with van der Waals surface area (Å²) in [5, 5.41) is 2.02. The van der Waals surface area contributed by atoms with Gasteiger partial charge in [-0.05, 0) is 54.5 Å². The molecule has 0 spiro atoms. The van der Waals surface area contributed by atoms with E-state index in [1.54, 1.807) is 40.5 Å². The van der Waals surface area contributed by atoms with Gasteiger partial charge in [-0.1, -0.05) is 61.9 Å². The van der Waals surface area contributed by atoms with Crippen LogP contribution in [0.1, 0.15) is 35.4 Å². The molecule has 2 aromatic carbocycles. The third-order valence-electron chi connectivity index (χ3n) is 5.41. The summed E-state index contributed by atoms with van der Waals surface area (Å²) >= 11 is 1.61. The molecule has 7 heteroatoms. The zero-order chi connectivity index (χ0) is 24.0. The number of sulfonamides is 1. The van der Waals surface area contributed by atoms with Crippen LogP contribution in [-0.4, -0.2) is 36.6 Å². The van der Waals surface area contributed by atoms with Crippen LogP contribution in [0.5, 0.6) is 0 Å². The fourth-order valence-corrected chi connectivity index (χ4v) is 6.01. The molecule has 0 atom stereocenters. The average molecular weight is 485 g/mol. The van der Waals surface area contributed by atoms with E-state index in [0.717, 1.165) is 21.6 Å². The van der Waals surface area contributed by atoms with Crippen LogP contribution >= 0.6 is 11.3 Å². The van der Waals surface area contributed by atoms with E-state index in [1.165, 1.54) is 4.31 Å². The first kappa shape index (κ1) is 25.1. The topological polar surface area (TPSA) is 57.7 Å². The Balaban J connectivity index is 1.88. The maximum Gasteiger partial charge on any atom is 0.243 e. The second-order valence-electron chi connectivity index (χ2n) is 8.77. The van der Waals surface area contributed by atoms with E-state index >= 15 is 0 Å². The summed E-state index contributed by atoms with van der Waals surface area (Å²) in [6.45, 7) is 8.83. The van der Waals surface area contributed by atoms with Crippen molar-refractivity contribution in [3.8, 4) is 0 Å². The van der Waals surface area contributed by atoms with Crippen LogP contribution in [0.3, 0.4) is 0 Å². The molecule has 0 aliphatic carbocycles. The number of thiophene rings is 1. The summed E-state index contributed by atoms with van der Waals surface area (Å²) < 4.78 is 28.2. The standard InChI is InChI=1S/C26H32N2O3S2/c1-20(2)16-28(33(30,31)24-12-10-21(3)11-13-24)19-26(29)27(17-23-8-6-5-7-9-23)18-25-22(4)14-15-32-25/h5-15,20H,16-19H2,1-4H3. The van der Waals surface area contributed by atoms with E-state index < -0.39 is 10.0 Å². The van der Waals surface area contributed by atoms with Crippen LogP contribution in [0, 0.1) is 19.8 Å². The Morgan fingerprint density at radius 2 is 1.61 bits per heavy atom. The van der Waals surface area contributed by atoms with Crippen molar-refractivity contribution >= 4 is 27.3 Å².